The second kappa shape index (κ2) is 7.30. The van der Waals surface area contributed by atoms with E-state index in [0.717, 1.165) is 6.42 Å². The number of aliphatic hydroxyl groups is 1. The second-order valence-corrected chi connectivity index (χ2v) is 7.63. The summed E-state index contributed by atoms with van der Waals surface area (Å²) < 4.78 is 7.20. The summed E-state index contributed by atoms with van der Waals surface area (Å²) in [6, 6.07) is 10.7. The van der Waals surface area contributed by atoms with E-state index in [-0.39, 0.29) is 12.2 Å². The number of unbranched alkanes of at least 4 members (excludes halogenated alkanes) is 1. The van der Waals surface area contributed by atoms with Crippen LogP contribution in [-0.2, 0) is 4.74 Å². The van der Waals surface area contributed by atoms with Gasteiger partial charge in [-0.05, 0) is 0 Å². The zero-order valence-corrected chi connectivity index (χ0v) is 12.6. The van der Waals surface area contributed by atoms with Crippen molar-refractivity contribution in [2.45, 2.75) is 49.6 Å². The van der Waals surface area contributed by atoms with Gasteiger partial charge in [-0.25, -0.2) is 0 Å². The summed E-state index contributed by atoms with van der Waals surface area (Å²) in [6.45, 7) is 2.76. The van der Waals surface area contributed by atoms with Gasteiger partial charge in [0.1, 0.15) is 0 Å². The third-order valence-corrected chi connectivity index (χ3v) is 6.20. The minimum absolute atomic E-state index is 0.245. The summed E-state index contributed by atoms with van der Waals surface area (Å²) in [4.78, 5) is 0.608. The molecule has 2 rings (SSSR count). The Morgan fingerprint density at radius 3 is 2.78 bits per heavy atom. The fourth-order valence-corrected chi connectivity index (χ4v) is 5.00. The van der Waals surface area contributed by atoms with E-state index < -0.39 is 0 Å². The summed E-state index contributed by atoms with van der Waals surface area (Å²) in [5, 5.41) is 9.62. The van der Waals surface area contributed by atoms with Crippen molar-refractivity contribution >= 4 is 19.4 Å². The molecule has 1 aromatic carbocycles. The first-order valence-electron chi connectivity index (χ1n) is 6.81. The van der Waals surface area contributed by atoms with Gasteiger partial charge in [0, 0.05) is 0 Å². The van der Waals surface area contributed by atoms with Crippen LogP contribution in [-0.4, -0.2) is 38.9 Å². The van der Waals surface area contributed by atoms with Gasteiger partial charge < -0.3 is 0 Å². The molecule has 1 N–H and O–H groups in total. The van der Waals surface area contributed by atoms with Crippen LogP contribution < -0.4 is 4.46 Å². The molecular weight excluding hydrogens is 291 g/mol. The summed E-state index contributed by atoms with van der Waals surface area (Å²) >= 11 is 0.450. The molecule has 0 amide bonds. The zero-order chi connectivity index (χ0) is 12.8. The molecule has 0 aromatic heterocycles. The van der Waals surface area contributed by atoms with E-state index in [1.54, 1.807) is 0 Å². The van der Waals surface area contributed by atoms with Crippen molar-refractivity contribution in [3.63, 3.8) is 0 Å². The Morgan fingerprint density at radius 1 is 1.39 bits per heavy atom. The van der Waals surface area contributed by atoms with Gasteiger partial charge in [0.15, 0.2) is 0 Å². The Kier molecular flexibility index (Phi) is 5.71. The van der Waals surface area contributed by atoms with Crippen LogP contribution >= 0.6 is 0 Å². The van der Waals surface area contributed by atoms with E-state index in [0.29, 0.717) is 26.4 Å². The molecule has 0 aliphatic carbocycles. The van der Waals surface area contributed by atoms with Crippen molar-refractivity contribution in [3.05, 3.63) is 30.3 Å². The quantitative estimate of drug-likeness (QED) is 0.816. The first-order chi connectivity index (χ1) is 8.79. The maximum absolute atomic E-state index is 9.62. The molecule has 0 radical (unpaired) electrons. The van der Waals surface area contributed by atoms with Gasteiger partial charge in [0.25, 0.3) is 0 Å². The summed E-state index contributed by atoms with van der Waals surface area (Å²) in [5.41, 5.74) is 0. The van der Waals surface area contributed by atoms with Gasteiger partial charge in [-0.1, -0.05) is 0 Å². The summed E-state index contributed by atoms with van der Waals surface area (Å²) in [6.07, 6.45) is 4.56. The van der Waals surface area contributed by atoms with E-state index in [9.17, 15) is 5.11 Å². The number of ether oxygens (including phenoxy) is 1. The standard InChI is InChI=1S/C15H22O2Se/c1-2-3-9-15(14-10-12(16)11-17-14)18-13-7-5-4-6-8-13/h4-8,12,14-16H,2-3,9-11H2,1H3/t12-,14+,15-/m1/s1. The van der Waals surface area contributed by atoms with Crippen LogP contribution in [0.25, 0.3) is 0 Å². The van der Waals surface area contributed by atoms with Crippen LogP contribution in [0.3, 0.4) is 0 Å². The van der Waals surface area contributed by atoms with E-state index in [1.807, 2.05) is 0 Å². The molecular formula is C15H22O2Se. The second-order valence-electron chi connectivity index (χ2n) is 4.87. The molecule has 2 nitrogen and oxygen atoms in total. The Balaban J connectivity index is 1.96. The van der Waals surface area contributed by atoms with E-state index in [4.69, 9.17) is 4.74 Å². The molecule has 1 aliphatic rings. The molecule has 1 fully saturated rings. The van der Waals surface area contributed by atoms with Crippen molar-refractivity contribution in [2.75, 3.05) is 6.61 Å². The zero-order valence-electron chi connectivity index (χ0n) is 10.9. The maximum atomic E-state index is 9.62. The molecule has 1 saturated heterocycles. The number of benzene rings is 1. The van der Waals surface area contributed by atoms with Crippen molar-refractivity contribution in [1.29, 1.82) is 0 Å². The predicted octanol–water partition coefficient (Wildman–Crippen LogP) is 2.14. The molecule has 18 heavy (non-hydrogen) atoms. The van der Waals surface area contributed by atoms with Crippen LogP contribution in [0.2, 0.25) is 4.82 Å². The van der Waals surface area contributed by atoms with Gasteiger partial charge in [-0.3, -0.25) is 0 Å². The topological polar surface area (TPSA) is 29.5 Å². The number of aliphatic hydroxyl groups excluding tert-OH is 1. The number of rotatable bonds is 6. The Bertz CT molecular complexity index is 342. The van der Waals surface area contributed by atoms with Gasteiger partial charge in [0.05, 0.1) is 0 Å². The third kappa shape index (κ3) is 4.10. The average molecular weight is 313 g/mol. The number of hydrogen-bond acceptors (Lipinski definition) is 2. The molecule has 0 spiro atoms. The molecule has 3 heteroatoms. The molecule has 1 aliphatic heterocycles. The van der Waals surface area contributed by atoms with Crippen LogP contribution in [0.5, 0.6) is 0 Å². The van der Waals surface area contributed by atoms with Crippen molar-refractivity contribution in [1.82, 2.24) is 0 Å². The Hall–Kier alpha value is -0.341. The molecule has 0 bridgehead atoms. The van der Waals surface area contributed by atoms with E-state index in [1.165, 1.54) is 23.7 Å². The van der Waals surface area contributed by atoms with Crippen LogP contribution in [0, 0.1) is 0 Å². The Morgan fingerprint density at radius 2 is 2.17 bits per heavy atom. The van der Waals surface area contributed by atoms with Crippen molar-refractivity contribution < 1.29 is 9.84 Å². The minimum atomic E-state index is -0.245. The van der Waals surface area contributed by atoms with Crippen LogP contribution in [0.1, 0.15) is 32.6 Å². The SMILES string of the molecule is CCCC[C@@H]([Se]c1ccccc1)[C@@H]1C[C@@H](O)CO1. The van der Waals surface area contributed by atoms with E-state index in [2.05, 4.69) is 37.3 Å². The first kappa shape index (κ1) is 14.1. The van der Waals surface area contributed by atoms with Gasteiger partial charge in [-0.15, -0.1) is 0 Å². The molecule has 0 saturated carbocycles. The van der Waals surface area contributed by atoms with Gasteiger partial charge in [-0.2, -0.15) is 0 Å². The first-order valence-corrected chi connectivity index (χ1v) is 8.65. The van der Waals surface area contributed by atoms with E-state index >= 15 is 0 Å². The predicted molar refractivity (Wildman–Crippen MR) is 75.5 cm³/mol. The van der Waals surface area contributed by atoms with Gasteiger partial charge in [0.2, 0.25) is 0 Å². The normalized spacial score (nSPS) is 25.2. The fraction of sp³-hybridized carbons (Fsp3) is 0.600. The fourth-order valence-electron chi connectivity index (χ4n) is 2.30. The van der Waals surface area contributed by atoms with Gasteiger partial charge >= 0.3 is 116 Å². The van der Waals surface area contributed by atoms with Crippen molar-refractivity contribution in [3.8, 4) is 0 Å². The summed E-state index contributed by atoms with van der Waals surface area (Å²) in [7, 11) is 0. The number of hydrogen-bond donors (Lipinski definition) is 1. The monoisotopic (exact) mass is 314 g/mol. The van der Waals surface area contributed by atoms with Crippen LogP contribution in [0.15, 0.2) is 30.3 Å². The van der Waals surface area contributed by atoms with Crippen LogP contribution in [0.4, 0.5) is 0 Å². The molecule has 3 atom stereocenters. The molecule has 100 valence electrons. The molecule has 1 heterocycles. The van der Waals surface area contributed by atoms with Crippen molar-refractivity contribution in [2.24, 2.45) is 0 Å². The molecule has 0 unspecified atom stereocenters. The Labute approximate surface area is 116 Å². The molecule has 1 aromatic rings. The third-order valence-electron chi connectivity index (χ3n) is 3.29. The average Bonchev–Trinajstić information content (AvgIpc) is 2.82. The summed E-state index contributed by atoms with van der Waals surface area (Å²) in [5.74, 6) is 0.